The molecule has 4 rings (SSSR count). The molecule has 9 heteroatoms. The van der Waals surface area contributed by atoms with Crippen molar-refractivity contribution >= 4 is 57.9 Å². The largest absolute Gasteiger partial charge is 0.478 e. The highest BCUT2D eigenvalue weighted by Gasteiger charge is 2.30. The van der Waals surface area contributed by atoms with Gasteiger partial charge >= 0.3 is 5.97 Å². The van der Waals surface area contributed by atoms with E-state index >= 15 is 0 Å². The summed E-state index contributed by atoms with van der Waals surface area (Å²) < 4.78 is 7.16. The first-order valence-corrected chi connectivity index (χ1v) is 11.4. The highest BCUT2D eigenvalue weighted by molar-refractivity contribution is 6.39. The lowest BCUT2D eigenvalue weighted by molar-refractivity contribution is -0.131. The molecular weight excluding hydrogens is 477 g/mol. The number of benzene rings is 2. The van der Waals surface area contributed by atoms with E-state index in [9.17, 15) is 9.59 Å². The number of hydrogen-bond acceptors (Lipinski definition) is 5. The molecule has 7 nitrogen and oxygen atoms in total. The molecule has 0 bridgehead atoms. The number of carboxylic acids is 1. The quantitative estimate of drug-likeness (QED) is 0.304. The summed E-state index contributed by atoms with van der Waals surface area (Å²) in [4.78, 5) is 26.8. The first-order chi connectivity index (χ1) is 16.4. The van der Waals surface area contributed by atoms with Crippen molar-refractivity contribution in [1.82, 2.24) is 9.72 Å². The van der Waals surface area contributed by atoms with Gasteiger partial charge in [-0.1, -0.05) is 46.6 Å². The number of aliphatic carboxylic acids is 1. The lowest BCUT2D eigenvalue weighted by Gasteiger charge is -2.18. The fraction of sp³-hybridized carbons (Fsp3) is 0.160. The molecule has 2 aromatic heterocycles. The predicted octanol–water partition coefficient (Wildman–Crippen LogP) is 6.24. The minimum atomic E-state index is -1.05. The Labute approximate surface area is 205 Å². The molecule has 0 aliphatic rings. The van der Waals surface area contributed by atoms with Crippen LogP contribution in [0.1, 0.15) is 29.8 Å². The Morgan fingerprint density at radius 1 is 1.09 bits per heavy atom. The number of hydrogen-bond donors (Lipinski definition) is 1. The van der Waals surface area contributed by atoms with Gasteiger partial charge in [-0.3, -0.25) is 9.36 Å². The van der Waals surface area contributed by atoms with E-state index in [0.29, 0.717) is 45.7 Å². The zero-order valence-electron chi connectivity index (χ0n) is 18.5. The number of carboxylic acid groups (broad SMARTS) is 1. The highest BCUT2D eigenvalue weighted by atomic mass is 35.5. The van der Waals surface area contributed by atoms with Crippen LogP contribution in [0.25, 0.3) is 28.2 Å². The Morgan fingerprint density at radius 3 is 2.41 bits per heavy atom. The summed E-state index contributed by atoms with van der Waals surface area (Å²) in [5.74, 6) is -1.10. The van der Waals surface area contributed by atoms with Gasteiger partial charge in [0.25, 0.3) is 5.91 Å². The van der Waals surface area contributed by atoms with Crippen molar-refractivity contribution in [2.45, 2.75) is 13.8 Å². The Kier molecular flexibility index (Phi) is 6.77. The third kappa shape index (κ3) is 4.20. The zero-order chi connectivity index (χ0) is 24.4. The minimum Gasteiger partial charge on any atom is -0.478 e. The van der Waals surface area contributed by atoms with Crippen LogP contribution < -0.4 is 4.90 Å². The molecule has 4 aromatic rings. The zero-order valence-corrected chi connectivity index (χ0v) is 20.0. The van der Waals surface area contributed by atoms with Crippen molar-refractivity contribution in [2.24, 2.45) is 0 Å². The Morgan fingerprint density at radius 2 is 1.76 bits per heavy atom. The molecule has 174 valence electrons. The molecule has 0 amide bonds. The van der Waals surface area contributed by atoms with Gasteiger partial charge in [0.2, 0.25) is 5.88 Å². The normalized spacial score (nSPS) is 11.4. The van der Waals surface area contributed by atoms with E-state index < -0.39 is 5.97 Å². The summed E-state index contributed by atoms with van der Waals surface area (Å²) in [6.45, 7) is 5.10. The molecule has 0 saturated carbocycles. The van der Waals surface area contributed by atoms with Gasteiger partial charge in [-0.15, -0.1) is 0 Å². The van der Waals surface area contributed by atoms with Crippen LogP contribution >= 0.6 is 23.2 Å². The third-order valence-corrected chi connectivity index (χ3v) is 6.16. The second kappa shape index (κ2) is 9.75. The third-order valence-electron chi connectivity index (χ3n) is 5.53. The van der Waals surface area contributed by atoms with E-state index in [4.69, 9.17) is 32.8 Å². The van der Waals surface area contributed by atoms with E-state index in [1.807, 2.05) is 18.7 Å². The lowest BCUT2D eigenvalue weighted by atomic mass is 10.1. The van der Waals surface area contributed by atoms with Gasteiger partial charge in [-0.25, -0.2) is 4.79 Å². The van der Waals surface area contributed by atoms with E-state index in [1.165, 1.54) is 10.6 Å². The average molecular weight is 498 g/mol. The summed E-state index contributed by atoms with van der Waals surface area (Å²) in [5.41, 5.74) is 2.20. The van der Waals surface area contributed by atoms with Crippen molar-refractivity contribution in [3.63, 3.8) is 0 Å². The molecule has 0 aliphatic carbocycles. The smallest absolute Gasteiger partial charge is 0.328 e. The van der Waals surface area contributed by atoms with E-state index in [-0.39, 0.29) is 17.2 Å². The van der Waals surface area contributed by atoms with Crippen LogP contribution in [-0.2, 0) is 4.79 Å². The van der Waals surface area contributed by atoms with Crippen molar-refractivity contribution in [2.75, 3.05) is 18.0 Å². The van der Waals surface area contributed by atoms with E-state index in [1.54, 1.807) is 48.7 Å². The maximum atomic E-state index is 14.0. The van der Waals surface area contributed by atoms with Crippen molar-refractivity contribution in [3.05, 3.63) is 75.9 Å². The Balaban J connectivity index is 1.93. The van der Waals surface area contributed by atoms with Crippen LogP contribution in [0.2, 0.25) is 10.0 Å². The van der Waals surface area contributed by atoms with Crippen LogP contribution in [0.15, 0.2) is 59.3 Å². The van der Waals surface area contributed by atoms with Crippen LogP contribution in [0.3, 0.4) is 0 Å². The van der Waals surface area contributed by atoms with Gasteiger partial charge in [0.1, 0.15) is 11.3 Å². The number of carbonyl (C=O) groups is 2. The predicted molar refractivity (Wildman–Crippen MR) is 134 cm³/mol. The molecule has 2 aromatic carbocycles. The van der Waals surface area contributed by atoms with E-state index in [0.717, 1.165) is 11.5 Å². The summed E-state index contributed by atoms with van der Waals surface area (Å²) in [5, 5.41) is 14.6. The molecule has 0 radical (unpaired) electrons. The molecule has 2 heterocycles. The number of halogens is 2. The Hall–Kier alpha value is -3.55. The summed E-state index contributed by atoms with van der Waals surface area (Å²) in [7, 11) is 0. The SMILES string of the molecule is CCN(CC)c1onc(-c2c(Cl)cccc2Cl)c1C(=O)n1ccc2c(/C=C/C(=O)O)cccc21. The number of carbonyl (C=O) groups excluding carboxylic acids is 1. The van der Waals surface area contributed by atoms with Crippen LogP contribution in [-0.4, -0.2) is 39.8 Å². The van der Waals surface area contributed by atoms with Gasteiger partial charge in [-0.2, -0.15) is 0 Å². The van der Waals surface area contributed by atoms with Crippen LogP contribution in [0, 0.1) is 0 Å². The average Bonchev–Trinajstić information content (AvgIpc) is 3.43. The fourth-order valence-electron chi connectivity index (χ4n) is 3.89. The maximum absolute atomic E-state index is 14.0. The van der Waals surface area contributed by atoms with Gasteiger partial charge < -0.3 is 14.5 Å². The molecular formula is C25H21Cl2N3O4. The van der Waals surface area contributed by atoms with Crippen molar-refractivity contribution in [1.29, 1.82) is 0 Å². The number of nitrogens with zero attached hydrogens (tertiary/aromatic N) is 3. The number of fused-ring (bicyclic) bond motifs is 1. The van der Waals surface area contributed by atoms with Gasteiger partial charge in [0.15, 0.2) is 0 Å². The maximum Gasteiger partial charge on any atom is 0.328 e. The van der Waals surface area contributed by atoms with Crippen molar-refractivity contribution < 1.29 is 19.2 Å². The number of rotatable bonds is 7. The second-order valence-corrected chi connectivity index (χ2v) is 8.24. The summed E-state index contributed by atoms with van der Waals surface area (Å²) in [6, 6.07) is 12.2. The minimum absolute atomic E-state index is 0.239. The highest BCUT2D eigenvalue weighted by Crippen LogP contribution is 2.40. The fourth-order valence-corrected chi connectivity index (χ4v) is 4.47. The molecule has 0 fully saturated rings. The van der Waals surface area contributed by atoms with Gasteiger partial charge in [0, 0.05) is 36.3 Å². The molecule has 0 saturated heterocycles. The molecule has 34 heavy (non-hydrogen) atoms. The first kappa shape index (κ1) is 23.6. The number of aromatic nitrogens is 2. The Bertz CT molecular complexity index is 1400. The summed E-state index contributed by atoms with van der Waals surface area (Å²) in [6.07, 6.45) is 4.20. The molecule has 0 aliphatic heterocycles. The second-order valence-electron chi connectivity index (χ2n) is 7.42. The van der Waals surface area contributed by atoms with Crippen LogP contribution in [0.4, 0.5) is 5.88 Å². The van der Waals surface area contributed by atoms with E-state index in [2.05, 4.69) is 5.16 Å². The lowest BCUT2D eigenvalue weighted by Crippen LogP contribution is -2.24. The molecule has 1 N–H and O–H groups in total. The monoisotopic (exact) mass is 497 g/mol. The molecule has 0 spiro atoms. The first-order valence-electron chi connectivity index (χ1n) is 10.6. The standard InChI is InChI=1S/C25H21Cl2N3O4/c1-3-29(4-2)25-22(23(28-34-25)21-17(26)8-6-9-18(21)27)24(33)30-14-13-16-15(11-12-20(31)32)7-5-10-19(16)30/h5-14H,3-4H2,1-2H3,(H,31,32)/b12-11+. The van der Waals surface area contributed by atoms with Gasteiger partial charge in [-0.05, 0) is 49.8 Å². The topological polar surface area (TPSA) is 88.6 Å². The molecule has 0 atom stereocenters. The molecule has 0 unspecified atom stereocenters. The number of anilines is 1. The van der Waals surface area contributed by atoms with Crippen LogP contribution in [0.5, 0.6) is 0 Å². The van der Waals surface area contributed by atoms with Crippen molar-refractivity contribution in [3.8, 4) is 11.3 Å². The summed E-state index contributed by atoms with van der Waals surface area (Å²) >= 11 is 12.9. The van der Waals surface area contributed by atoms with Gasteiger partial charge in [0.05, 0.1) is 15.6 Å².